The van der Waals surface area contributed by atoms with Gasteiger partial charge in [-0.1, -0.05) is 13.8 Å². The number of ether oxygens (including phenoxy) is 2. The number of halogens is 1. The molecule has 1 saturated heterocycles. The maximum Gasteiger partial charge on any atom is 0.199 e. The quantitative estimate of drug-likeness (QED) is 0.786. The Bertz CT molecular complexity index is 349. The zero-order chi connectivity index (χ0) is 11.1. The average molecular weight is 274 g/mol. The van der Waals surface area contributed by atoms with E-state index in [0.29, 0.717) is 0 Å². The Hall–Kier alpha value is -0.320. The summed E-state index contributed by atoms with van der Waals surface area (Å²) < 4.78 is 14.5. The molecule has 0 aromatic carbocycles. The first kappa shape index (κ1) is 11.2. The molecule has 0 spiro atoms. The average Bonchev–Trinajstić information content (AvgIpc) is 2.49. The number of aromatic nitrogens is 1. The van der Waals surface area contributed by atoms with Gasteiger partial charge in [0, 0.05) is 12.5 Å². The molecule has 1 aliphatic heterocycles. The molecule has 3 nitrogen and oxygen atoms in total. The van der Waals surface area contributed by atoms with Crippen LogP contribution < -0.4 is 0 Å². The summed E-state index contributed by atoms with van der Waals surface area (Å²) in [5.41, 5.74) is 1.18. The van der Waals surface area contributed by atoms with Crippen LogP contribution in [0.5, 0.6) is 0 Å². The first-order chi connectivity index (χ1) is 6.99. The molecule has 0 amide bonds. The Balaban J connectivity index is 2.11. The monoisotopic (exact) mass is 273 g/mol. The lowest BCUT2D eigenvalue weighted by atomic mass is 9.95. The molecule has 0 radical (unpaired) electrons. The van der Waals surface area contributed by atoms with Gasteiger partial charge in [-0.2, -0.15) is 0 Å². The number of hydrogen-bond acceptors (Lipinski definition) is 2. The fourth-order valence-electron chi connectivity index (χ4n) is 1.60. The van der Waals surface area contributed by atoms with E-state index in [1.54, 1.807) is 0 Å². The molecule has 1 aromatic heterocycles. The molecule has 84 valence electrons. The van der Waals surface area contributed by atoms with E-state index in [4.69, 9.17) is 9.47 Å². The third-order valence-electron chi connectivity index (χ3n) is 2.59. The van der Waals surface area contributed by atoms with Crippen molar-refractivity contribution in [3.63, 3.8) is 0 Å². The molecule has 0 atom stereocenters. The van der Waals surface area contributed by atoms with Crippen LogP contribution in [0.25, 0.3) is 0 Å². The van der Waals surface area contributed by atoms with Crippen molar-refractivity contribution in [2.45, 2.75) is 20.1 Å². The third-order valence-corrected chi connectivity index (χ3v) is 3.39. The highest BCUT2D eigenvalue weighted by Gasteiger charge is 2.30. The smallest absolute Gasteiger partial charge is 0.199 e. The summed E-state index contributed by atoms with van der Waals surface area (Å²) >= 11 is 3.46. The fourth-order valence-corrected chi connectivity index (χ4v) is 1.94. The predicted molar refractivity (Wildman–Crippen MR) is 61.5 cm³/mol. The molecule has 2 heterocycles. The molecular formula is C11H16BrNO2. The highest BCUT2D eigenvalue weighted by molar-refractivity contribution is 9.10. The second-order valence-corrected chi connectivity index (χ2v) is 5.57. The Morgan fingerprint density at radius 2 is 1.93 bits per heavy atom. The summed E-state index contributed by atoms with van der Waals surface area (Å²) in [5.74, 6) is 0. The van der Waals surface area contributed by atoms with Gasteiger partial charge < -0.3 is 14.0 Å². The van der Waals surface area contributed by atoms with E-state index < -0.39 is 0 Å². The zero-order valence-corrected chi connectivity index (χ0v) is 10.9. The van der Waals surface area contributed by atoms with E-state index in [2.05, 4.69) is 29.8 Å². The Labute approximate surface area is 98.5 Å². The summed E-state index contributed by atoms with van der Waals surface area (Å²) in [4.78, 5) is 0. The number of hydrogen-bond donors (Lipinski definition) is 0. The molecule has 2 rings (SSSR count). The predicted octanol–water partition coefficient (Wildman–Crippen LogP) is 2.86. The van der Waals surface area contributed by atoms with Crippen molar-refractivity contribution in [1.82, 2.24) is 4.57 Å². The van der Waals surface area contributed by atoms with E-state index in [9.17, 15) is 0 Å². The van der Waals surface area contributed by atoms with Crippen molar-refractivity contribution in [1.29, 1.82) is 0 Å². The molecule has 0 N–H and O–H groups in total. The number of nitrogens with zero attached hydrogens (tertiary/aromatic N) is 1. The van der Waals surface area contributed by atoms with Crippen LogP contribution in [0.1, 0.15) is 25.8 Å². The first-order valence-corrected chi connectivity index (χ1v) is 5.83. The molecule has 0 saturated carbocycles. The van der Waals surface area contributed by atoms with E-state index in [1.165, 1.54) is 0 Å². The standard InChI is InChI=1S/C11H16BrNO2/c1-11(2)6-14-10(15-7-11)8-4-5-9(12)13(8)3/h4-5,10H,6-7H2,1-3H3. The molecule has 15 heavy (non-hydrogen) atoms. The van der Waals surface area contributed by atoms with Crippen LogP contribution in [-0.2, 0) is 16.5 Å². The van der Waals surface area contributed by atoms with E-state index >= 15 is 0 Å². The molecule has 1 aromatic rings. The van der Waals surface area contributed by atoms with E-state index in [0.717, 1.165) is 23.5 Å². The normalized spacial score (nSPS) is 21.9. The van der Waals surface area contributed by atoms with Gasteiger partial charge in [0.25, 0.3) is 0 Å². The largest absolute Gasteiger partial charge is 0.346 e. The van der Waals surface area contributed by atoms with Crippen molar-refractivity contribution in [2.75, 3.05) is 13.2 Å². The summed E-state index contributed by atoms with van der Waals surface area (Å²) in [6, 6.07) is 4.02. The topological polar surface area (TPSA) is 23.4 Å². The first-order valence-electron chi connectivity index (χ1n) is 5.04. The molecule has 0 bridgehead atoms. The van der Waals surface area contributed by atoms with Crippen LogP contribution in [0.15, 0.2) is 16.7 Å². The lowest BCUT2D eigenvalue weighted by Crippen LogP contribution is -2.34. The minimum Gasteiger partial charge on any atom is -0.346 e. The molecule has 1 fully saturated rings. The van der Waals surface area contributed by atoms with Gasteiger partial charge in [0.2, 0.25) is 0 Å². The highest BCUT2D eigenvalue weighted by atomic mass is 79.9. The van der Waals surface area contributed by atoms with Gasteiger partial charge >= 0.3 is 0 Å². The fraction of sp³-hybridized carbons (Fsp3) is 0.636. The van der Waals surface area contributed by atoms with Crippen LogP contribution in [0.2, 0.25) is 0 Å². The Kier molecular flexibility index (Phi) is 2.92. The minimum atomic E-state index is -0.227. The van der Waals surface area contributed by atoms with Crippen molar-refractivity contribution in [2.24, 2.45) is 12.5 Å². The lowest BCUT2D eigenvalue weighted by molar-refractivity contribution is -0.228. The SMILES string of the molecule is Cn1c(Br)ccc1C1OCC(C)(C)CO1. The van der Waals surface area contributed by atoms with Crippen LogP contribution in [-0.4, -0.2) is 17.8 Å². The third kappa shape index (κ3) is 2.27. The maximum absolute atomic E-state index is 5.71. The molecular weight excluding hydrogens is 258 g/mol. The summed E-state index contributed by atoms with van der Waals surface area (Å²) in [6.07, 6.45) is -0.227. The molecule has 1 aliphatic rings. The second kappa shape index (κ2) is 3.92. The highest BCUT2D eigenvalue weighted by Crippen LogP contribution is 2.32. The van der Waals surface area contributed by atoms with Crippen LogP contribution >= 0.6 is 15.9 Å². The Morgan fingerprint density at radius 1 is 1.33 bits per heavy atom. The van der Waals surface area contributed by atoms with Gasteiger partial charge in [0.1, 0.15) is 0 Å². The Morgan fingerprint density at radius 3 is 2.40 bits per heavy atom. The summed E-state index contributed by atoms with van der Waals surface area (Å²) in [7, 11) is 1.99. The minimum absolute atomic E-state index is 0.124. The van der Waals surface area contributed by atoms with Gasteiger partial charge in [-0.15, -0.1) is 0 Å². The lowest BCUT2D eigenvalue weighted by Gasteiger charge is -2.34. The van der Waals surface area contributed by atoms with Crippen molar-refractivity contribution >= 4 is 15.9 Å². The summed E-state index contributed by atoms with van der Waals surface area (Å²) in [6.45, 7) is 5.76. The van der Waals surface area contributed by atoms with Crippen molar-refractivity contribution in [3.8, 4) is 0 Å². The van der Waals surface area contributed by atoms with Crippen LogP contribution in [0.3, 0.4) is 0 Å². The van der Waals surface area contributed by atoms with Crippen molar-refractivity contribution < 1.29 is 9.47 Å². The maximum atomic E-state index is 5.71. The molecule has 0 aliphatic carbocycles. The van der Waals surface area contributed by atoms with Crippen LogP contribution in [0, 0.1) is 5.41 Å². The van der Waals surface area contributed by atoms with E-state index in [-0.39, 0.29) is 11.7 Å². The second-order valence-electron chi connectivity index (χ2n) is 4.76. The van der Waals surface area contributed by atoms with Gasteiger partial charge in [0.15, 0.2) is 6.29 Å². The van der Waals surface area contributed by atoms with E-state index in [1.807, 2.05) is 23.7 Å². The number of rotatable bonds is 1. The molecule has 0 unspecified atom stereocenters. The van der Waals surface area contributed by atoms with Gasteiger partial charge in [0.05, 0.1) is 23.5 Å². The van der Waals surface area contributed by atoms with Crippen LogP contribution in [0.4, 0.5) is 0 Å². The molecule has 4 heteroatoms. The zero-order valence-electron chi connectivity index (χ0n) is 9.29. The van der Waals surface area contributed by atoms with Gasteiger partial charge in [-0.05, 0) is 28.1 Å². The van der Waals surface area contributed by atoms with Crippen molar-refractivity contribution in [3.05, 3.63) is 22.4 Å². The summed E-state index contributed by atoms with van der Waals surface area (Å²) in [5, 5.41) is 0. The van der Waals surface area contributed by atoms with Gasteiger partial charge in [-0.3, -0.25) is 0 Å². The van der Waals surface area contributed by atoms with Gasteiger partial charge in [-0.25, -0.2) is 0 Å².